The molecule has 0 amide bonds. The summed E-state index contributed by atoms with van der Waals surface area (Å²) in [6, 6.07) is 3.79. The summed E-state index contributed by atoms with van der Waals surface area (Å²) < 4.78 is 34.7. The fourth-order valence-electron chi connectivity index (χ4n) is 1.22. The fraction of sp³-hybridized carbons (Fsp3) is 0.300. The van der Waals surface area contributed by atoms with Crippen molar-refractivity contribution in [3.63, 3.8) is 0 Å². The van der Waals surface area contributed by atoms with Crippen LogP contribution in [-0.4, -0.2) is 26.2 Å². The molecule has 0 unspecified atom stereocenters. The topological polar surface area (TPSA) is 51.2 Å². The Hall–Kier alpha value is -1.23. The summed E-state index contributed by atoms with van der Waals surface area (Å²) in [7, 11) is -3.37. The van der Waals surface area contributed by atoms with Crippen LogP contribution >= 0.6 is 0 Å². The zero-order chi connectivity index (χ0) is 11.6. The van der Waals surface area contributed by atoms with E-state index < -0.39 is 27.2 Å². The Morgan fingerprint density at radius 2 is 1.93 bits per heavy atom. The molecule has 1 aromatic rings. The quantitative estimate of drug-likeness (QED) is 0.737. The van der Waals surface area contributed by atoms with Gasteiger partial charge in [0.25, 0.3) is 0 Å². The average molecular weight is 230 g/mol. The van der Waals surface area contributed by atoms with Gasteiger partial charge in [0.15, 0.2) is 15.6 Å². The number of ketones is 1. The van der Waals surface area contributed by atoms with Gasteiger partial charge in [-0.15, -0.1) is 0 Å². The molecule has 0 aliphatic carbocycles. The van der Waals surface area contributed by atoms with Crippen LogP contribution in [0.4, 0.5) is 4.39 Å². The number of Topliss-reactive ketones (excluding diaryl/α,β-unsaturated/α-hetero) is 1. The van der Waals surface area contributed by atoms with E-state index in [2.05, 4.69) is 0 Å². The Morgan fingerprint density at radius 1 is 1.33 bits per heavy atom. The average Bonchev–Trinajstić information content (AvgIpc) is 1.98. The molecule has 1 aromatic carbocycles. The lowest BCUT2D eigenvalue weighted by Gasteiger charge is -2.01. The van der Waals surface area contributed by atoms with E-state index in [0.29, 0.717) is 5.56 Å². The summed E-state index contributed by atoms with van der Waals surface area (Å²) in [5, 5.41) is 0. The minimum atomic E-state index is -3.37. The third-order valence-corrected chi connectivity index (χ3v) is 2.54. The highest BCUT2D eigenvalue weighted by atomic mass is 32.2. The van der Waals surface area contributed by atoms with Crippen molar-refractivity contribution in [2.24, 2.45) is 0 Å². The largest absolute Gasteiger partial charge is 0.293 e. The van der Waals surface area contributed by atoms with Crippen molar-refractivity contribution < 1.29 is 17.6 Å². The Balaban J connectivity index is 3.02. The van der Waals surface area contributed by atoms with Gasteiger partial charge in [0.05, 0.1) is 0 Å². The van der Waals surface area contributed by atoms with Crippen molar-refractivity contribution in [1.29, 1.82) is 0 Å². The van der Waals surface area contributed by atoms with Crippen molar-refractivity contribution in [2.75, 3.05) is 12.0 Å². The first-order valence-electron chi connectivity index (χ1n) is 4.26. The second-order valence-electron chi connectivity index (χ2n) is 3.51. The number of carbonyl (C=O) groups excluding carboxylic acids is 1. The maximum absolute atomic E-state index is 12.9. The molecule has 5 heteroatoms. The molecular weight excluding hydrogens is 219 g/mol. The molecule has 82 valence electrons. The number of benzene rings is 1. The maximum Gasteiger partial charge on any atom is 0.177 e. The Kier molecular flexibility index (Phi) is 3.24. The van der Waals surface area contributed by atoms with Gasteiger partial charge >= 0.3 is 0 Å². The van der Waals surface area contributed by atoms with Gasteiger partial charge in [-0.3, -0.25) is 4.79 Å². The first-order chi connectivity index (χ1) is 6.78. The molecule has 0 N–H and O–H groups in total. The Bertz CT molecular complexity index is 471. The predicted molar refractivity (Wildman–Crippen MR) is 55.2 cm³/mol. The molecule has 3 nitrogen and oxygen atoms in total. The highest BCUT2D eigenvalue weighted by Gasteiger charge is 2.14. The van der Waals surface area contributed by atoms with Crippen LogP contribution in [0.2, 0.25) is 0 Å². The molecule has 0 bridgehead atoms. The van der Waals surface area contributed by atoms with Gasteiger partial charge in [-0.05, 0) is 30.7 Å². The van der Waals surface area contributed by atoms with Gasteiger partial charge in [0.1, 0.15) is 11.6 Å². The number of aryl methyl sites for hydroxylation is 1. The molecule has 0 fully saturated rings. The molecule has 0 saturated heterocycles. The summed E-state index contributed by atoms with van der Waals surface area (Å²) in [5.74, 6) is -1.71. The number of rotatable bonds is 3. The minimum absolute atomic E-state index is 0.0953. The van der Waals surface area contributed by atoms with Gasteiger partial charge in [-0.1, -0.05) is 0 Å². The zero-order valence-corrected chi connectivity index (χ0v) is 9.27. The van der Waals surface area contributed by atoms with E-state index in [0.717, 1.165) is 12.3 Å². The molecular formula is C10H11FO3S. The van der Waals surface area contributed by atoms with Crippen molar-refractivity contribution in [2.45, 2.75) is 6.92 Å². The Labute approximate surface area is 87.8 Å². The van der Waals surface area contributed by atoms with E-state index >= 15 is 0 Å². The van der Waals surface area contributed by atoms with Gasteiger partial charge in [-0.2, -0.15) is 0 Å². The molecule has 1 rings (SSSR count). The number of hydrogen-bond acceptors (Lipinski definition) is 3. The lowest BCUT2D eigenvalue weighted by molar-refractivity contribution is 0.102. The molecule has 15 heavy (non-hydrogen) atoms. The molecule has 0 atom stereocenters. The first-order valence-corrected chi connectivity index (χ1v) is 6.32. The third-order valence-electron chi connectivity index (χ3n) is 1.76. The van der Waals surface area contributed by atoms with E-state index in [1.54, 1.807) is 6.92 Å². The molecule has 0 aromatic heterocycles. The van der Waals surface area contributed by atoms with Crippen molar-refractivity contribution in [3.8, 4) is 0 Å². The molecule has 0 radical (unpaired) electrons. The van der Waals surface area contributed by atoms with E-state index in [9.17, 15) is 17.6 Å². The van der Waals surface area contributed by atoms with Gasteiger partial charge in [-0.25, -0.2) is 12.8 Å². The van der Waals surface area contributed by atoms with E-state index in [1.807, 2.05) is 0 Å². The van der Waals surface area contributed by atoms with Crippen molar-refractivity contribution in [1.82, 2.24) is 0 Å². The van der Waals surface area contributed by atoms with Crippen LogP contribution < -0.4 is 0 Å². The predicted octanol–water partition coefficient (Wildman–Crippen LogP) is 1.36. The number of carbonyl (C=O) groups is 1. The normalized spacial score (nSPS) is 11.4. The highest BCUT2D eigenvalue weighted by molar-refractivity contribution is 7.91. The van der Waals surface area contributed by atoms with Crippen LogP contribution in [0, 0.1) is 12.7 Å². The monoisotopic (exact) mass is 230 g/mol. The van der Waals surface area contributed by atoms with E-state index in [4.69, 9.17) is 0 Å². The molecule has 0 spiro atoms. The molecule has 0 aliphatic heterocycles. The van der Waals surface area contributed by atoms with Crippen LogP contribution in [0.1, 0.15) is 15.9 Å². The highest BCUT2D eigenvalue weighted by Crippen LogP contribution is 2.09. The summed E-state index contributed by atoms with van der Waals surface area (Å²) in [6.45, 7) is 1.64. The van der Waals surface area contributed by atoms with Crippen LogP contribution in [0.15, 0.2) is 18.2 Å². The minimum Gasteiger partial charge on any atom is -0.293 e. The Morgan fingerprint density at radius 3 is 2.40 bits per heavy atom. The SMILES string of the molecule is Cc1cc(F)cc(C(=O)CS(C)(=O)=O)c1. The fourth-order valence-corrected chi connectivity index (χ4v) is 1.86. The number of hydrogen-bond donors (Lipinski definition) is 0. The standard InChI is InChI=1S/C10H11FO3S/c1-7-3-8(5-9(11)4-7)10(12)6-15(2,13)14/h3-5H,6H2,1-2H3. The first kappa shape index (κ1) is 11.8. The van der Waals surface area contributed by atoms with E-state index in [-0.39, 0.29) is 5.56 Å². The van der Waals surface area contributed by atoms with E-state index in [1.165, 1.54) is 12.1 Å². The smallest absolute Gasteiger partial charge is 0.177 e. The second kappa shape index (κ2) is 4.10. The van der Waals surface area contributed by atoms with Gasteiger partial charge < -0.3 is 0 Å². The number of sulfone groups is 1. The lowest BCUT2D eigenvalue weighted by atomic mass is 10.1. The van der Waals surface area contributed by atoms with Crippen LogP contribution in [-0.2, 0) is 9.84 Å². The van der Waals surface area contributed by atoms with Crippen LogP contribution in [0.5, 0.6) is 0 Å². The summed E-state index contributed by atoms with van der Waals surface area (Å²) >= 11 is 0. The molecule has 0 heterocycles. The zero-order valence-electron chi connectivity index (χ0n) is 8.45. The van der Waals surface area contributed by atoms with Crippen LogP contribution in [0.25, 0.3) is 0 Å². The summed E-state index contributed by atoms with van der Waals surface area (Å²) in [4.78, 5) is 11.4. The summed E-state index contributed by atoms with van der Waals surface area (Å²) in [5.41, 5.74) is 0.685. The van der Waals surface area contributed by atoms with Crippen LogP contribution in [0.3, 0.4) is 0 Å². The van der Waals surface area contributed by atoms with Crippen molar-refractivity contribution in [3.05, 3.63) is 35.1 Å². The summed E-state index contributed by atoms with van der Waals surface area (Å²) in [6.07, 6.45) is 0.969. The molecule has 0 saturated carbocycles. The van der Waals surface area contributed by atoms with Gasteiger partial charge in [0.2, 0.25) is 0 Å². The maximum atomic E-state index is 12.9. The second-order valence-corrected chi connectivity index (χ2v) is 5.65. The van der Waals surface area contributed by atoms with Crippen molar-refractivity contribution >= 4 is 15.6 Å². The molecule has 0 aliphatic rings. The van der Waals surface area contributed by atoms with Gasteiger partial charge in [0, 0.05) is 11.8 Å². The number of halogens is 1. The lowest BCUT2D eigenvalue weighted by Crippen LogP contribution is -2.14. The third kappa shape index (κ3) is 3.79.